The Morgan fingerprint density at radius 3 is 3.00 bits per heavy atom. The minimum Gasteiger partial charge on any atom is -0.492 e. The van der Waals surface area contributed by atoms with E-state index in [0.717, 1.165) is 24.0 Å². The summed E-state index contributed by atoms with van der Waals surface area (Å²) in [6, 6.07) is 8.97. The zero-order chi connectivity index (χ0) is 14.7. The van der Waals surface area contributed by atoms with Crippen molar-refractivity contribution >= 4 is 11.6 Å². The molecule has 21 heavy (non-hydrogen) atoms. The first-order valence-electron chi connectivity index (χ1n) is 7.35. The Balaban J connectivity index is 1.50. The summed E-state index contributed by atoms with van der Waals surface area (Å²) in [5, 5.41) is 8.42. The summed E-state index contributed by atoms with van der Waals surface area (Å²) < 4.78 is 7.67. The topological polar surface area (TPSA) is 39.1 Å². The second kappa shape index (κ2) is 6.50. The molecule has 0 radical (unpaired) electrons. The minimum absolute atomic E-state index is 0.582. The van der Waals surface area contributed by atoms with Crippen molar-refractivity contribution in [3.05, 3.63) is 46.7 Å². The Labute approximate surface area is 130 Å². The number of ether oxygens (including phenoxy) is 1. The van der Waals surface area contributed by atoms with E-state index >= 15 is 0 Å². The van der Waals surface area contributed by atoms with Crippen molar-refractivity contribution in [2.45, 2.75) is 38.9 Å². The molecule has 0 bridgehead atoms. The molecule has 0 amide bonds. The van der Waals surface area contributed by atoms with E-state index in [-0.39, 0.29) is 0 Å². The fraction of sp³-hybridized carbons (Fsp3) is 0.438. The average Bonchev–Trinajstić information content (AvgIpc) is 3.27. The number of halogens is 1. The lowest BCUT2D eigenvalue weighted by molar-refractivity contribution is 0.289. The molecule has 1 N–H and O–H groups in total. The molecule has 112 valence electrons. The van der Waals surface area contributed by atoms with E-state index in [1.165, 1.54) is 18.4 Å². The van der Waals surface area contributed by atoms with Gasteiger partial charge in [0, 0.05) is 12.6 Å². The molecule has 4 nitrogen and oxygen atoms in total. The van der Waals surface area contributed by atoms with E-state index in [2.05, 4.69) is 22.5 Å². The van der Waals surface area contributed by atoms with Crippen molar-refractivity contribution in [3.8, 4) is 5.75 Å². The third-order valence-electron chi connectivity index (χ3n) is 3.69. The highest BCUT2D eigenvalue weighted by Gasteiger charge is 2.19. The van der Waals surface area contributed by atoms with Crippen LogP contribution in [0.15, 0.2) is 30.5 Å². The summed E-state index contributed by atoms with van der Waals surface area (Å²) in [6.45, 7) is 4.15. The van der Waals surface area contributed by atoms with Gasteiger partial charge in [-0.05, 0) is 37.5 Å². The van der Waals surface area contributed by atoms with Crippen molar-refractivity contribution in [2.24, 2.45) is 0 Å². The van der Waals surface area contributed by atoms with Crippen LogP contribution in [0.3, 0.4) is 0 Å². The molecule has 1 aliphatic carbocycles. The van der Waals surface area contributed by atoms with Crippen molar-refractivity contribution in [3.63, 3.8) is 0 Å². The van der Waals surface area contributed by atoms with Crippen LogP contribution >= 0.6 is 11.6 Å². The van der Waals surface area contributed by atoms with Crippen LogP contribution in [0.1, 0.15) is 24.1 Å². The average molecular weight is 306 g/mol. The highest BCUT2D eigenvalue weighted by Crippen LogP contribution is 2.20. The van der Waals surface area contributed by atoms with Crippen LogP contribution in [0.25, 0.3) is 0 Å². The van der Waals surface area contributed by atoms with E-state index in [4.69, 9.17) is 16.3 Å². The summed E-state index contributed by atoms with van der Waals surface area (Å²) in [5.74, 6) is 0.904. The van der Waals surface area contributed by atoms with Gasteiger partial charge in [0.1, 0.15) is 12.4 Å². The van der Waals surface area contributed by atoms with Gasteiger partial charge >= 0.3 is 0 Å². The molecule has 3 rings (SSSR count). The van der Waals surface area contributed by atoms with Crippen molar-refractivity contribution in [1.29, 1.82) is 0 Å². The number of hydrogen-bond donors (Lipinski definition) is 1. The Kier molecular flexibility index (Phi) is 4.46. The lowest BCUT2D eigenvalue weighted by Gasteiger charge is -2.09. The molecule has 1 fully saturated rings. The molecule has 0 spiro atoms. The first-order chi connectivity index (χ1) is 10.2. The molecular weight excluding hydrogens is 286 g/mol. The predicted molar refractivity (Wildman–Crippen MR) is 83.8 cm³/mol. The van der Waals surface area contributed by atoms with Crippen LogP contribution in [0.4, 0.5) is 0 Å². The van der Waals surface area contributed by atoms with Crippen LogP contribution in [-0.4, -0.2) is 22.4 Å². The van der Waals surface area contributed by atoms with Gasteiger partial charge in [-0.15, -0.1) is 0 Å². The van der Waals surface area contributed by atoms with E-state index in [1.807, 2.05) is 23.7 Å². The molecular formula is C16H20ClN3O. The molecule has 0 atom stereocenters. The van der Waals surface area contributed by atoms with Crippen LogP contribution in [0.5, 0.6) is 5.75 Å². The molecule has 1 saturated carbocycles. The fourth-order valence-electron chi connectivity index (χ4n) is 2.19. The van der Waals surface area contributed by atoms with Gasteiger partial charge in [0.2, 0.25) is 0 Å². The summed E-state index contributed by atoms with van der Waals surface area (Å²) in [6.07, 6.45) is 4.28. The second-order valence-electron chi connectivity index (χ2n) is 5.45. The van der Waals surface area contributed by atoms with Gasteiger partial charge < -0.3 is 10.1 Å². The highest BCUT2D eigenvalue weighted by molar-refractivity contribution is 6.31. The molecule has 1 heterocycles. The lowest BCUT2D eigenvalue weighted by Crippen LogP contribution is -2.15. The number of benzene rings is 1. The summed E-state index contributed by atoms with van der Waals surface area (Å²) in [7, 11) is 0. The first kappa shape index (κ1) is 14.4. The van der Waals surface area contributed by atoms with Crippen molar-refractivity contribution in [1.82, 2.24) is 15.1 Å². The van der Waals surface area contributed by atoms with Gasteiger partial charge in [-0.2, -0.15) is 5.10 Å². The van der Waals surface area contributed by atoms with Crippen LogP contribution in [0, 0.1) is 6.92 Å². The quantitative estimate of drug-likeness (QED) is 0.854. The standard InChI is InChI=1S/C16H20ClN3O/c1-12-16(17)11-19-20(12)7-8-21-15-4-2-3-13(9-15)10-18-14-5-6-14/h2-4,9,11,14,18H,5-8,10H2,1H3. The van der Waals surface area contributed by atoms with Crippen molar-refractivity contribution in [2.75, 3.05) is 6.61 Å². The lowest BCUT2D eigenvalue weighted by atomic mass is 10.2. The first-order valence-corrected chi connectivity index (χ1v) is 7.73. The highest BCUT2D eigenvalue weighted by atomic mass is 35.5. The number of rotatable bonds is 7. The zero-order valence-electron chi connectivity index (χ0n) is 12.2. The normalized spacial score (nSPS) is 14.4. The molecule has 1 aromatic heterocycles. The zero-order valence-corrected chi connectivity index (χ0v) is 12.9. The van der Waals surface area contributed by atoms with E-state index in [0.29, 0.717) is 18.2 Å². The van der Waals surface area contributed by atoms with Gasteiger partial charge in [-0.3, -0.25) is 4.68 Å². The molecule has 5 heteroatoms. The Morgan fingerprint density at radius 1 is 1.43 bits per heavy atom. The summed E-state index contributed by atoms with van der Waals surface area (Å²) in [4.78, 5) is 0. The number of aromatic nitrogens is 2. The van der Waals surface area contributed by atoms with Gasteiger partial charge in [0.15, 0.2) is 0 Å². The fourth-order valence-corrected chi connectivity index (χ4v) is 2.34. The second-order valence-corrected chi connectivity index (χ2v) is 5.86. The third-order valence-corrected chi connectivity index (χ3v) is 4.06. The van der Waals surface area contributed by atoms with Gasteiger partial charge in [0.05, 0.1) is 23.5 Å². The summed E-state index contributed by atoms with van der Waals surface area (Å²) >= 11 is 5.98. The predicted octanol–water partition coefficient (Wildman–Crippen LogP) is 3.18. The largest absolute Gasteiger partial charge is 0.492 e. The maximum Gasteiger partial charge on any atom is 0.119 e. The van der Waals surface area contributed by atoms with E-state index < -0.39 is 0 Å². The minimum atomic E-state index is 0.582. The van der Waals surface area contributed by atoms with Gasteiger partial charge in [-0.1, -0.05) is 23.7 Å². The van der Waals surface area contributed by atoms with Gasteiger partial charge in [-0.25, -0.2) is 0 Å². The molecule has 0 aliphatic heterocycles. The molecule has 1 aromatic carbocycles. The van der Waals surface area contributed by atoms with Crippen molar-refractivity contribution < 1.29 is 4.74 Å². The SMILES string of the molecule is Cc1c(Cl)cnn1CCOc1cccc(CNC2CC2)c1. The smallest absolute Gasteiger partial charge is 0.119 e. The molecule has 0 saturated heterocycles. The summed E-state index contributed by atoms with van der Waals surface area (Å²) in [5.41, 5.74) is 2.24. The Hall–Kier alpha value is -1.52. The van der Waals surface area contributed by atoms with E-state index in [1.54, 1.807) is 6.20 Å². The number of nitrogens with one attached hydrogen (secondary N) is 1. The number of hydrogen-bond acceptors (Lipinski definition) is 3. The van der Waals surface area contributed by atoms with E-state index in [9.17, 15) is 0 Å². The maximum absolute atomic E-state index is 5.98. The maximum atomic E-state index is 5.98. The van der Waals surface area contributed by atoms with Crippen LogP contribution in [0.2, 0.25) is 5.02 Å². The third kappa shape index (κ3) is 3.99. The molecule has 1 aliphatic rings. The molecule has 0 unspecified atom stereocenters. The Bertz CT molecular complexity index is 607. The van der Waals surface area contributed by atoms with Crippen LogP contribution < -0.4 is 10.1 Å². The number of nitrogens with zero attached hydrogens (tertiary/aromatic N) is 2. The Morgan fingerprint density at radius 2 is 2.29 bits per heavy atom. The van der Waals surface area contributed by atoms with Crippen LogP contribution in [-0.2, 0) is 13.1 Å². The monoisotopic (exact) mass is 305 g/mol. The molecule has 2 aromatic rings. The van der Waals surface area contributed by atoms with Gasteiger partial charge in [0.25, 0.3) is 0 Å².